The van der Waals surface area contributed by atoms with Crippen LogP contribution in [-0.4, -0.2) is 36.0 Å². The SMILES string of the molecule is CC(=O)c1cccc(NC(=O)COCC(=O)O)c1. The van der Waals surface area contributed by atoms with Crippen LogP contribution < -0.4 is 5.32 Å². The van der Waals surface area contributed by atoms with Crippen molar-refractivity contribution in [2.45, 2.75) is 6.92 Å². The maximum atomic E-state index is 11.4. The van der Waals surface area contributed by atoms with Gasteiger partial charge in [0.1, 0.15) is 13.2 Å². The molecule has 0 bridgehead atoms. The molecule has 6 heteroatoms. The zero-order valence-corrected chi connectivity index (χ0v) is 9.80. The van der Waals surface area contributed by atoms with Crippen molar-refractivity contribution in [3.05, 3.63) is 29.8 Å². The van der Waals surface area contributed by atoms with Gasteiger partial charge in [-0.25, -0.2) is 4.79 Å². The van der Waals surface area contributed by atoms with E-state index in [0.29, 0.717) is 11.3 Å². The van der Waals surface area contributed by atoms with E-state index in [9.17, 15) is 14.4 Å². The molecule has 0 spiro atoms. The van der Waals surface area contributed by atoms with Gasteiger partial charge in [0.25, 0.3) is 0 Å². The second-order valence-corrected chi connectivity index (χ2v) is 3.57. The molecule has 6 nitrogen and oxygen atoms in total. The van der Waals surface area contributed by atoms with E-state index in [1.807, 2.05) is 0 Å². The number of benzene rings is 1. The van der Waals surface area contributed by atoms with Gasteiger partial charge in [-0.3, -0.25) is 9.59 Å². The minimum absolute atomic E-state index is 0.103. The predicted octanol–water partition coefficient (Wildman–Crippen LogP) is 0.929. The Morgan fingerprint density at radius 3 is 2.61 bits per heavy atom. The molecule has 0 saturated carbocycles. The van der Waals surface area contributed by atoms with Crippen molar-refractivity contribution >= 4 is 23.3 Å². The van der Waals surface area contributed by atoms with Crippen LogP contribution in [0.15, 0.2) is 24.3 Å². The highest BCUT2D eigenvalue weighted by atomic mass is 16.5. The van der Waals surface area contributed by atoms with Gasteiger partial charge in [-0.1, -0.05) is 12.1 Å². The number of carbonyl (C=O) groups is 3. The minimum atomic E-state index is -1.14. The van der Waals surface area contributed by atoms with Crippen LogP contribution in [0.5, 0.6) is 0 Å². The molecule has 18 heavy (non-hydrogen) atoms. The Morgan fingerprint density at radius 2 is 2.00 bits per heavy atom. The van der Waals surface area contributed by atoms with Gasteiger partial charge in [0, 0.05) is 11.3 Å². The van der Waals surface area contributed by atoms with E-state index >= 15 is 0 Å². The van der Waals surface area contributed by atoms with Crippen LogP contribution in [0.25, 0.3) is 0 Å². The Morgan fingerprint density at radius 1 is 1.28 bits per heavy atom. The second kappa shape index (κ2) is 6.51. The molecule has 0 fully saturated rings. The van der Waals surface area contributed by atoms with Crippen molar-refractivity contribution in [2.75, 3.05) is 18.5 Å². The molecular weight excluding hydrogens is 238 g/mol. The molecule has 0 aliphatic rings. The number of Topliss-reactive ketones (excluding diaryl/α,β-unsaturated/α-hetero) is 1. The average molecular weight is 251 g/mol. The highest BCUT2D eigenvalue weighted by Gasteiger charge is 2.06. The lowest BCUT2D eigenvalue weighted by molar-refractivity contribution is -0.143. The fourth-order valence-corrected chi connectivity index (χ4v) is 1.24. The van der Waals surface area contributed by atoms with Crippen molar-refractivity contribution in [3.63, 3.8) is 0 Å². The molecular formula is C12H13NO5. The molecule has 0 unspecified atom stereocenters. The first-order valence-electron chi connectivity index (χ1n) is 5.19. The number of rotatable bonds is 6. The van der Waals surface area contributed by atoms with Crippen molar-refractivity contribution in [1.82, 2.24) is 0 Å². The highest BCUT2D eigenvalue weighted by Crippen LogP contribution is 2.10. The molecule has 0 heterocycles. The molecule has 0 aromatic heterocycles. The highest BCUT2D eigenvalue weighted by molar-refractivity contribution is 5.97. The number of ether oxygens (including phenoxy) is 1. The lowest BCUT2D eigenvalue weighted by atomic mass is 10.1. The zero-order valence-electron chi connectivity index (χ0n) is 9.80. The lowest BCUT2D eigenvalue weighted by Crippen LogP contribution is -2.20. The largest absolute Gasteiger partial charge is 0.480 e. The van der Waals surface area contributed by atoms with E-state index in [-0.39, 0.29) is 12.4 Å². The molecule has 1 aromatic rings. The normalized spacial score (nSPS) is 9.83. The van der Waals surface area contributed by atoms with Crippen molar-refractivity contribution in [2.24, 2.45) is 0 Å². The molecule has 0 aliphatic heterocycles. The van der Waals surface area contributed by atoms with Gasteiger partial charge in [0.15, 0.2) is 5.78 Å². The van der Waals surface area contributed by atoms with Crippen molar-refractivity contribution < 1.29 is 24.2 Å². The Hall–Kier alpha value is -2.21. The van der Waals surface area contributed by atoms with Gasteiger partial charge < -0.3 is 15.2 Å². The average Bonchev–Trinajstić information content (AvgIpc) is 2.28. The number of amides is 1. The summed E-state index contributed by atoms with van der Waals surface area (Å²) in [7, 11) is 0. The van der Waals surface area contributed by atoms with Crippen LogP contribution in [0.1, 0.15) is 17.3 Å². The number of hydrogen-bond acceptors (Lipinski definition) is 4. The maximum Gasteiger partial charge on any atom is 0.329 e. The predicted molar refractivity (Wildman–Crippen MR) is 63.5 cm³/mol. The van der Waals surface area contributed by atoms with Gasteiger partial charge in [-0.15, -0.1) is 0 Å². The van der Waals surface area contributed by atoms with Gasteiger partial charge in [-0.2, -0.15) is 0 Å². The summed E-state index contributed by atoms with van der Waals surface area (Å²) in [4.78, 5) is 32.7. The number of nitrogens with one attached hydrogen (secondary N) is 1. The summed E-state index contributed by atoms with van der Waals surface area (Å²) < 4.78 is 4.63. The summed E-state index contributed by atoms with van der Waals surface area (Å²) in [6, 6.07) is 6.45. The molecule has 0 saturated heterocycles. The van der Waals surface area contributed by atoms with Gasteiger partial charge in [0.05, 0.1) is 0 Å². The Balaban J connectivity index is 2.51. The summed E-state index contributed by atoms with van der Waals surface area (Å²) >= 11 is 0. The Labute approximate surface area is 104 Å². The summed E-state index contributed by atoms with van der Waals surface area (Å²) in [6.07, 6.45) is 0. The Bertz CT molecular complexity index is 469. The van der Waals surface area contributed by atoms with Gasteiger partial charge >= 0.3 is 5.97 Å². The van der Waals surface area contributed by atoms with Crippen LogP contribution in [0.3, 0.4) is 0 Å². The lowest BCUT2D eigenvalue weighted by Gasteiger charge is -2.06. The second-order valence-electron chi connectivity index (χ2n) is 3.57. The Kier molecular flexibility index (Phi) is 5.01. The standard InChI is InChI=1S/C12H13NO5/c1-8(14)9-3-2-4-10(5-9)13-11(15)6-18-7-12(16)17/h2-5H,6-7H2,1H3,(H,13,15)(H,16,17). The van der Waals surface area contributed by atoms with Crippen LogP contribution in [0.2, 0.25) is 0 Å². The van der Waals surface area contributed by atoms with Crippen molar-refractivity contribution in [3.8, 4) is 0 Å². The number of carboxylic acids is 1. The van der Waals surface area contributed by atoms with E-state index in [1.165, 1.54) is 13.0 Å². The molecule has 1 rings (SSSR count). The zero-order chi connectivity index (χ0) is 13.5. The van der Waals surface area contributed by atoms with E-state index < -0.39 is 18.5 Å². The van der Waals surface area contributed by atoms with E-state index in [1.54, 1.807) is 18.2 Å². The molecule has 0 aliphatic carbocycles. The van der Waals surface area contributed by atoms with E-state index in [2.05, 4.69) is 10.1 Å². The third-order valence-electron chi connectivity index (χ3n) is 2.01. The van der Waals surface area contributed by atoms with Gasteiger partial charge in [0.2, 0.25) is 5.91 Å². The minimum Gasteiger partial charge on any atom is -0.480 e. The number of ketones is 1. The summed E-state index contributed by atoms with van der Waals surface area (Å²) in [6.45, 7) is 0.550. The quantitative estimate of drug-likeness (QED) is 0.733. The number of aliphatic carboxylic acids is 1. The van der Waals surface area contributed by atoms with E-state index in [0.717, 1.165) is 0 Å². The summed E-state index contributed by atoms with van der Waals surface area (Å²) in [5.41, 5.74) is 0.950. The fraction of sp³-hybridized carbons (Fsp3) is 0.250. The van der Waals surface area contributed by atoms with E-state index in [4.69, 9.17) is 5.11 Å². The van der Waals surface area contributed by atoms with Crippen molar-refractivity contribution in [1.29, 1.82) is 0 Å². The first-order valence-corrected chi connectivity index (χ1v) is 5.19. The van der Waals surface area contributed by atoms with Crippen LogP contribution in [-0.2, 0) is 14.3 Å². The molecule has 1 aromatic carbocycles. The topological polar surface area (TPSA) is 92.7 Å². The van der Waals surface area contributed by atoms with Gasteiger partial charge in [-0.05, 0) is 19.1 Å². The molecule has 0 radical (unpaired) electrons. The third-order valence-corrected chi connectivity index (χ3v) is 2.01. The van der Waals surface area contributed by atoms with Crippen LogP contribution in [0.4, 0.5) is 5.69 Å². The number of carbonyl (C=O) groups excluding carboxylic acids is 2. The molecule has 96 valence electrons. The summed E-state index contributed by atoms with van der Waals surface area (Å²) in [5.74, 6) is -1.72. The third kappa shape index (κ3) is 4.75. The monoisotopic (exact) mass is 251 g/mol. The molecule has 1 amide bonds. The fourth-order valence-electron chi connectivity index (χ4n) is 1.24. The first-order chi connectivity index (χ1) is 8.49. The van der Waals surface area contributed by atoms with Crippen LogP contribution in [0, 0.1) is 0 Å². The summed E-state index contributed by atoms with van der Waals surface area (Å²) in [5, 5.41) is 10.8. The van der Waals surface area contributed by atoms with Crippen LogP contribution >= 0.6 is 0 Å². The number of hydrogen-bond donors (Lipinski definition) is 2. The number of carboxylic acid groups (broad SMARTS) is 1. The number of anilines is 1. The smallest absolute Gasteiger partial charge is 0.329 e. The first kappa shape index (κ1) is 13.9. The maximum absolute atomic E-state index is 11.4. The molecule has 2 N–H and O–H groups in total. The molecule has 0 atom stereocenters.